The van der Waals surface area contributed by atoms with Crippen molar-refractivity contribution in [1.82, 2.24) is 4.98 Å². The number of rotatable bonds is 0. The molecule has 0 atom stereocenters. The molecule has 3 aromatic rings. The van der Waals surface area contributed by atoms with Gasteiger partial charge < -0.3 is 4.42 Å². The van der Waals surface area contributed by atoms with Crippen LogP contribution in [-0.2, 0) is 20.1 Å². The smallest absolute Gasteiger partial charge is 0.143 e. The van der Waals surface area contributed by atoms with Crippen LogP contribution < -0.4 is 0 Å². The summed E-state index contributed by atoms with van der Waals surface area (Å²) in [6, 6.07) is 6.35. The third-order valence-corrected chi connectivity index (χ3v) is 2.15. The van der Waals surface area contributed by atoms with Gasteiger partial charge in [0.05, 0.1) is 6.20 Å². The largest absolute Gasteiger partial charge is 0.508 e. The maximum absolute atomic E-state index is 12.9. The van der Waals surface area contributed by atoms with Gasteiger partial charge >= 0.3 is 0 Å². The van der Waals surface area contributed by atoms with E-state index in [1.54, 1.807) is 0 Å². The molecule has 0 aliphatic heterocycles. The van der Waals surface area contributed by atoms with E-state index in [4.69, 9.17) is 4.42 Å². The number of fused-ring (bicyclic) bond motifs is 3. The Labute approximate surface area is 103 Å². The molecule has 0 unspecified atom stereocenters. The summed E-state index contributed by atoms with van der Waals surface area (Å²) < 4.78 is 30.9. The third-order valence-electron chi connectivity index (χ3n) is 2.15. The third kappa shape index (κ3) is 1.62. The zero-order chi connectivity index (χ0) is 10.4. The second-order valence-corrected chi connectivity index (χ2v) is 3.16. The minimum atomic E-state index is -0.484. The van der Waals surface area contributed by atoms with Gasteiger partial charge in [-0.3, -0.25) is 9.37 Å². The minimum Gasteiger partial charge on any atom is -0.508 e. The molecule has 2 aromatic heterocycles. The van der Waals surface area contributed by atoms with Gasteiger partial charge in [0.15, 0.2) is 0 Å². The predicted molar refractivity (Wildman–Crippen MR) is 50.3 cm³/mol. The summed E-state index contributed by atoms with van der Waals surface area (Å²) in [5, 5.41) is 0.561. The number of nitrogens with zero attached hydrogens (tertiary/aromatic N) is 1. The van der Waals surface area contributed by atoms with Gasteiger partial charge in [-0.05, 0) is 0 Å². The van der Waals surface area contributed by atoms with Crippen LogP contribution >= 0.6 is 0 Å². The molecule has 0 fully saturated rings. The molecule has 16 heavy (non-hydrogen) atoms. The van der Waals surface area contributed by atoms with Crippen LogP contribution in [0.25, 0.3) is 22.1 Å². The molecule has 0 amide bonds. The maximum atomic E-state index is 12.9. The van der Waals surface area contributed by atoms with Gasteiger partial charge in [-0.1, -0.05) is 11.5 Å². The average Bonchev–Trinajstić information content (AvgIpc) is 2.53. The van der Waals surface area contributed by atoms with E-state index >= 15 is 0 Å². The molecule has 0 aliphatic carbocycles. The summed E-state index contributed by atoms with van der Waals surface area (Å²) in [6.07, 6.45) is 1.09. The van der Waals surface area contributed by atoms with Crippen LogP contribution in [0.2, 0.25) is 0 Å². The van der Waals surface area contributed by atoms with E-state index in [1.807, 2.05) is 0 Å². The molecule has 0 bridgehead atoms. The van der Waals surface area contributed by atoms with E-state index < -0.39 is 11.6 Å². The molecule has 1 aromatic carbocycles. The van der Waals surface area contributed by atoms with Gasteiger partial charge in [0, 0.05) is 43.1 Å². The normalized spacial score (nSPS) is 10.6. The Morgan fingerprint density at radius 3 is 2.69 bits per heavy atom. The van der Waals surface area contributed by atoms with Crippen molar-refractivity contribution in [3.8, 4) is 0 Å². The van der Waals surface area contributed by atoms with Crippen LogP contribution in [0.15, 0.2) is 28.8 Å². The number of pyridine rings is 1. The Kier molecular flexibility index (Phi) is 2.74. The summed E-state index contributed by atoms with van der Waals surface area (Å²) in [7, 11) is 0. The zero-order valence-electron chi connectivity index (χ0n) is 7.75. The van der Waals surface area contributed by atoms with Crippen molar-refractivity contribution in [2.24, 2.45) is 0 Å². The molecule has 0 spiro atoms. The summed E-state index contributed by atoms with van der Waals surface area (Å²) in [6.45, 7) is 0. The average molecular weight is 396 g/mol. The minimum absolute atomic E-state index is 0. The fraction of sp³-hybridized carbons (Fsp3) is 0. The zero-order valence-corrected chi connectivity index (χ0v) is 10.1. The van der Waals surface area contributed by atoms with Crippen molar-refractivity contribution in [3.63, 3.8) is 0 Å². The number of aromatic nitrogens is 1. The van der Waals surface area contributed by atoms with E-state index in [9.17, 15) is 8.78 Å². The molecule has 0 N–H and O–H groups in total. The molecule has 0 saturated carbocycles. The predicted octanol–water partition coefficient (Wildman–Crippen LogP) is 3.06. The van der Waals surface area contributed by atoms with Crippen LogP contribution in [0, 0.1) is 17.7 Å². The van der Waals surface area contributed by atoms with E-state index in [0.29, 0.717) is 22.1 Å². The molecule has 2 heterocycles. The first-order valence-corrected chi connectivity index (χ1v) is 4.29. The first-order valence-electron chi connectivity index (χ1n) is 4.29. The van der Waals surface area contributed by atoms with Crippen molar-refractivity contribution in [2.75, 3.05) is 0 Å². The number of hydrogen-bond acceptors (Lipinski definition) is 2. The van der Waals surface area contributed by atoms with Gasteiger partial charge in [-0.25, -0.2) is 4.39 Å². The van der Waals surface area contributed by atoms with Gasteiger partial charge in [0.2, 0.25) is 0 Å². The Morgan fingerprint density at radius 1 is 1.12 bits per heavy atom. The van der Waals surface area contributed by atoms with E-state index in [2.05, 4.69) is 11.1 Å². The Hall–Kier alpha value is -1.32. The summed E-state index contributed by atoms with van der Waals surface area (Å²) in [5.41, 5.74) is 1.11. The number of benzene rings is 1. The first kappa shape index (κ1) is 11.2. The Morgan fingerprint density at radius 2 is 1.88 bits per heavy atom. The molecule has 0 aliphatic rings. The molecule has 83 valence electrons. The van der Waals surface area contributed by atoms with Gasteiger partial charge in [-0.15, -0.1) is 12.1 Å². The summed E-state index contributed by atoms with van der Waals surface area (Å²) in [5.74, 6) is -0.927. The maximum Gasteiger partial charge on any atom is 0.143 e. The molecule has 5 heteroatoms. The second-order valence-electron chi connectivity index (χ2n) is 3.16. The number of halogens is 2. The van der Waals surface area contributed by atoms with Crippen LogP contribution in [0.4, 0.5) is 8.78 Å². The molecular weight excluding hydrogens is 392 g/mol. The van der Waals surface area contributed by atoms with Crippen LogP contribution in [0.1, 0.15) is 0 Å². The Bertz CT molecular complexity index is 609. The topological polar surface area (TPSA) is 26.0 Å². The van der Waals surface area contributed by atoms with Crippen molar-refractivity contribution < 1.29 is 33.3 Å². The molecule has 0 saturated heterocycles. The standard InChI is InChI=1S/C11H4F2NO.Ir/c12-6-1-2-8-9(3-6)15-10-4-7(13)5-14-11(8)10;/h1,3-5H;/q-1;. The van der Waals surface area contributed by atoms with E-state index in [1.165, 1.54) is 18.2 Å². The summed E-state index contributed by atoms with van der Waals surface area (Å²) in [4.78, 5) is 3.88. The second kappa shape index (κ2) is 3.92. The molecule has 2 nitrogen and oxygen atoms in total. The number of hydrogen-bond donors (Lipinski definition) is 0. The molecule has 3 rings (SSSR count). The van der Waals surface area contributed by atoms with E-state index in [-0.39, 0.29) is 20.1 Å². The van der Waals surface area contributed by atoms with Gasteiger partial charge in [-0.2, -0.15) is 0 Å². The van der Waals surface area contributed by atoms with Gasteiger partial charge in [0.25, 0.3) is 0 Å². The first-order chi connectivity index (χ1) is 7.24. The van der Waals surface area contributed by atoms with Crippen molar-refractivity contribution >= 4 is 22.1 Å². The molecule has 1 radical (unpaired) electrons. The fourth-order valence-corrected chi connectivity index (χ4v) is 1.52. The van der Waals surface area contributed by atoms with E-state index in [0.717, 1.165) is 6.20 Å². The van der Waals surface area contributed by atoms with Crippen molar-refractivity contribution in [1.29, 1.82) is 0 Å². The summed E-state index contributed by atoms with van der Waals surface area (Å²) >= 11 is 0. The van der Waals surface area contributed by atoms with Crippen LogP contribution in [0.5, 0.6) is 0 Å². The van der Waals surface area contributed by atoms with Crippen LogP contribution in [0.3, 0.4) is 0 Å². The van der Waals surface area contributed by atoms with Crippen LogP contribution in [-0.4, -0.2) is 4.98 Å². The number of furan rings is 1. The van der Waals surface area contributed by atoms with Gasteiger partial charge in [0.1, 0.15) is 11.4 Å². The quantitative estimate of drug-likeness (QED) is 0.546. The van der Waals surface area contributed by atoms with Crippen molar-refractivity contribution in [3.05, 3.63) is 42.1 Å². The monoisotopic (exact) mass is 397 g/mol. The SMILES string of the molecule is Fc1c[c-]c2c(c1)oc1cc(F)cnc12.[Ir]. The molecular formula is C11H4F2IrNO-. The Balaban J connectivity index is 0.000000963. The fourth-order valence-electron chi connectivity index (χ4n) is 1.52. The van der Waals surface area contributed by atoms with Crippen molar-refractivity contribution in [2.45, 2.75) is 0 Å².